The molecule has 0 amide bonds. The zero-order valence-corrected chi connectivity index (χ0v) is 12.5. The highest BCUT2D eigenvalue weighted by atomic mass is 15.2. The highest BCUT2D eigenvalue weighted by Gasteiger charge is 2.24. The van der Waals surface area contributed by atoms with Gasteiger partial charge in [-0.25, -0.2) is 0 Å². The Morgan fingerprint density at radius 3 is 2.50 bits per heavy atom. The van der Waals surface area contributed by atoms with E-state index in [4.69, 9.17) is 0 Å². The standard InChI is InChI=1S/C15H31N3/c1-13(2)16-15-5-4-8-18(12-15)11-14-6-9-17(3)10-7-14/h13-16H,4-12H2,1-3H3. The van der Waals surface area contributed by atoms with Crippen LogP contribution >= 0.6 is 0 Å². The number of nitrogens with one attached hydrogen (secondary N) is 1. The Morgan fingerprint density at radius 1 is 1.11 bits per heavy atom. The van der Waals surface area contributed by atoms with Gasteiger partial charge in [0.25, 0.3) is 0 Å². The molecule has 0 bridgehead atoms. The van der Waals surface area contributed by atoms with Crippen LogP contribution in [-0.2, 0) is 0 Å². The maximum atomic E-state index is 3.71. The Kier molecular flexibility index (Phi) is 5.46. The number of hydrogen-bond donors (Lipinski definition) is 1. The van der Waals surface area contributed by atoms with Crippen LogP contribution in [0.5, 0.6) is 0 Å². The van der Waals surface area contributed by atoms with Crippen molar-refractivity contribution in [2.75, 3.05) is 39.8 Å². The maximum Gasteiger partial charge on any atom is 0.0197 e. The van der Waals surface area contributed by atoms with Gasteiger partial charge in [-0.05, 0) is 58.3 Å². The molecule has 0 aromatic carbocycles. The SMILES string of the molecule is CC(C)NC1CCCN(CC2CCN(C)CC2)C1. The molecule has 0 radical (unpaired) electrons. The van der Waals surface area contributed by atoms with Crippen molar-refractivity contribution in [1.29, 1.82) is 0 Å². The molecule has 1 N–H and O–H groups in total. The number of nitrogens with zero attached hydrogens (tertiary/aromatic N) is 2. The van der Waals surface area contributed by atoms with E-state index in [9.17, 15) is 0 Å². The van der Waals surface area contributed by atoms with Crippen LogP contribution in [0.1, 0.15) is 39.5 Å². The molecule has 0 aliphatic carbocycles. The summed E-state index contributed by atoms with van der Waals surface area (Å²) in [5.41, 5.74) is 0. The van der Waals surface area contributed by atoms with Crippen molar-refractivity contribution >= 4 is 0 Å². The number of rotatable bonds is 4. The molecular formula is C15H31N3. The lowest BCUT2D eigenvalue weighted by atomic mass is 9.95. The average molecular weight is 253 g/mol. The molecule has 2 fully saturated rings. The van der Waals surface area contributed by atoms with Crippen molar-refractivity contribution in [1.82, 2.24) is 15.1 Å². The predicted molar refractivity (Wildman–Crippen MR) is 78.0 cm³/mol. The highest BCUT2D eigenvalue weighted by molar-refractivity contribution is 4.82. The highest BCUT2D eigenvalue weighted by Crippen LogP contribution is 2.19. The van der Waals surface area contributed by atoms with Gasteiger partial charge in [0.15, 0.2) is 0 Å². The lowest BCUT2D eigenvalue weighted by molar-refractivity contribution is 0.128. The van der Waals surface area contributed by atoms with E-state index in [1.165, 1.54) is 58.4 Å². The van der Waals surface area contributed by atoms with E-state index in [2.05, 4.69) is 36.0 Å². The van der Waals surface area contributed by atoms with Crippen molar-refractivity contribution < 1.29 is 0 Å². The van der Waals surface area contributed by atoms with Gasteiger partial charge >= 0.3 is 0 Å². The van der Waals surface area contributed by atoms with E-state index in [0.717, 1.165) is 12.0 Å². The van der Waals surface area contributed by atoms with Gasteiger partial charge in [0.2, 0.25) is 0 Å². The van der Waals surface area contributed by atoms with Crippen LogP contribution in [0.15, 0.2) is 0 Å². The molecule has 3 nitrogen and oxygen atoms in total. The second-order valence-corrected chi connectivity index (χ2v) is 6.67. The predicted octanol–water partition coefficient (Wildman–Crippen LogP) is 1.79. The summed E-state index contributed by atoms with van der Waals surface area (Å²) < 4.78 is 0. The molecule has 18 heavy (non-hydrogen) atoms. The van der Waals surface area contributed by atoms with Crippen LogP contribution < -0.4 is 5.32 Å². The largest absolute Gasteiger partial charge is 0.311 e. The summed E-state index contributed by atoms with van der Waals surface area (Å²) in [4.78, 5) is 5.18. The monoisotopic (exact) mass is 253 g/mol. The fraction of sp³-hybridized carbons (Fsp3) is 1.00. The van der Waals surface area contributed by atoms with E-state index in [-0.39, 0.29) is 0 Å². The van der Waals surface area contributed by atoms with Crippen molar-refractivity contribution in [3.63, 3.8) is 0 Å². The fourth-order valence-corrected chi connectivity index (χ4v) is 3.44. The van der Waals surface area contributed by atoms with Crippen molar-refractivity contribution in [2.45, 2.75) is 51.6 Å². The molecule has 0 saturated carbocycles. The minimum Gasteiger partial charge on any atom is -0.311 e. The van der Waals surface area contributed by atoms with E-state index in [0.29, 0.717) is 6.04 Å². The number of likely N-dealkylation sites (tertiary alicyclic amines) is 2. The first-order chi connectivity index (χ1) is 8.63. The van der Waals surface area contributed by atoms with Gasteiger partial charge in [-0.2, -0.15) is 0 Å². The molecule has 2 rings (SSSR count). The molecular weight excluding hydrogens is 222 g/mol. The molecule has 0 aromatic heterocycles. The van der Waals surface area contributed by atoms with Crippen LogP contribution in [0, 0.1) is 5.92 Å². The van der Waals surface area contributed by atoms with E-state index in [1.54, 1.807) is 0 Å². The summed E-state index contributed by atoms with van der Waals surface area (Å²) in [6.45, 7) is 11.0. The molecule has 1 atom stereocenters. The summed E-state index contributed by atoms with van der Waals surface area (Å²) in [5, 5.41) is 3.71. The van der Waals surface area contributed by atoms with E-state index < -0.39 is 0 Å². The maximum absolute atomic E-state index is 3.71. The summed E-state index contributed by atoms with van der Waals surface area (Å²) in [6, 6.07) is 1.35. The van der Waals surface area contributed by atoms with E-state index >= 15 is 0 Å². The first-order valence-electron chi connectivity index (χ1n) is 7.80. The second kappa shape index (κ2) is 6.88. The molecule has 2 aliphatic rings. The van der Waals surface area contributed by atoms with Crippen molar-refractivity contribution in [3.05, 3.63) is 0 Å². The normalized spacial score (nSPS) is 29.0. The van der Waals surface area contributed by atoms with Gasteiger partial charge in [0.05, 0.1) is 0 Å². The molecule has 106 valence electrons. The van der Waals surface area contributed by atoms with Crippen molar-refractivity contribution in [2.24, 2.45) is 5.92 Å². The molecule has 1 unspecified atom stereocenters. The van der Waals surface area contributed by atoms with Crippen LogP contribution in [0.4, 0.5) is 0 Å². The molecule has 2 saturated heterocycles. The van der Waals surface area contributed by atoms with Gasteiger partial charge in [0, 0.05) is 25.2 Å². The third-order valence-corrected chi connectivity index (χ3v) is 4.43. The number of hydrogen-bond acceptors (Lipinski definition) is 3. The van der Waals surface area contributed by atoms with Crippen LogP contribution in [-0.4, -0.2) is 61.7 Å². The van der Waals surface area contributed by atoms with Crippen molar-refractivity contribution in [3.8, 4) is 0 Å². The third-order valence-electron chi connectivity index (χ3n) is 4.43. The van der Waals surface area contributed by atoms with Gasteiger partial charge in [-0.3, -0.25) is 0 Å². The van der Waals surface area contributed by atoms with Gasteiger partial charge < -0.3 is 15.1 Å². The Labute approximate surface area is 113 Å². The summed E-state index contributed by atoms with van der Waals surface area (Å²) in [7, 11) is 2.25. The average Bonchev–Trinajstić information content (AvgIpc) is 2.32. The van der Waals surface area contributed by atoms with Crippen LogP contribution in [0.2, 0.25) is 0 Å². The van der Waals surface area contributed by atoms with Gasteiger partial charge in [-0.15, -0.1) is 0 Å². The number of piperidine rings is 2. The summed E-state index contributed by atoms with van der Waals surface area (Å²) in [6.07, 6.45) is 5.53. The Bertz CT molecular complexity index is 234. The zero-order valence-electron chi connectivity index (χ0n) is 12.5. The topological polar surface area (TPSA) is 18.5 Å². The van der Waals surface area contributed by atoms with Crippen LogP contribution in [0.3, 0.4) is 0 Å². The second-order valence-electron chi connectivity index (χ2n) is 6.67. The minimum atomic E-state index is 0.623. The molecule has 2 aliphatic heterocycles. The lowest BCUT2D eigenvalue weighted by Gasteiger charge is -2.38. The Hall–Kier alpha value is -0.120. The lowest BCUT2D eigenvalue weighted by Crippen LogP contribution is -2.49. The smallest absolute Gasteiger partial charge is 0.0197 e. The third kappa shape index (κ3) is 4.52. The van der Waals surface area contributed by atoms with Crippen LogP contribution in [0.25, 0.3) is 0 Å². The molecule has 3 heteroatoms. The molecule has 0 spiro atoms. The van der Waals surface area contributed by atoms with Gasteiger partial charge in [-0.1, -0.05) is 13.8 Å². The summed E-state index contributed by atoms with van der Waals surface area (Å²) >= 11 is 0. The Balaban J connectivity index is 1.72. The fourth-order valence-electron chi connectivity index (χ4n) is 3.44. The van der Waals surface area contributed by atoms with Gasteiger partial charge in [0.1, 0.15) is 0 Å². The summed E-state index contributed by atoms with van der Waals surface area (Å²) in [5.74, 6) is 0.944. The minimum absolute atomic E-state index is 0.623. The first kappa shape index (κ1) is 14.3. The molecule has 2 heterocycles. The Morgan fingerprint density at radius 2 is 1.83 bits per heavy atom. The zero-order chi connectivity index (χ0) is 13.0. The molecule has 0 aromatic rings. The quantitative estimate of drug-likeness (QED) is 0.824. The first-order valence-corrected chi connectivity index (χ1v) is 7.80. The van der Waals surface area contributed by atoms with E-state index in [1.807, 2.05) is 0 Å².